The van der Waals surface area contributed by atoms with E-state index >= 15 is 0 Å². The summed E-state index contributed by atoms with van der Waals surface area (Å²) in [7, 11) is 0. The molecule has 19 heavy (non-hydrogen) atoms. The summed E-state index contributed by atoms with van der Waals surface area (Å²) in [5.41, 5.74) is 0.503. The Labute approximate surface area is 129 Å². The van der Waals surface area contributed by atoms with Gasteiger partial charge >= 0.3 is 5.97 Å². The predicted molar refractivity (Wildman–Crippen MR) is 80.4 cm³/mol. The van der Waals surface area contributed by atoms with Gasteiger partial charge in [-0.05, 0) is 46.7 Å². The molecule has 0 saturated carbocycles. The molecule has 1 saturated heterocycles. The summed E-state index contributed by atoms with van der Waals surface area (Å²) in [4.78, 5) is 24.9. The maximum atomic E-state index is 12.3. The Hall–Kier alpha value is -0.820. The van der Waals surface area contributed by atoms with E-state index in [9.17, 15) is 9.59 Å². The zero-order valence-corrected chi connectivity index (χ0v) is 13.2. The predicted octanol–water partition coefficient (Wildman–Crippen LogP) is 2.74. The second kappa shape index (κ2) is 5.66. The topological polar surface area (TPSA) is 57.6 Å². The Morgan fingerprint density at radius 2 is 2.11 bits per heavy atom. The summed E-state index contributed by atoms with van der Waals surface area (Å²) < 4.78 is 0.883. The van der Waals surface area contributed by atoms with Gasteiger partial charge in [0, 0.05) is 22.2 Å². The van der Waals surface area contributed by atoms with Gasteiger partial charge in [-0.15, -0.1) is 0 Å². The van der Waals surface area contributed by atoms with Crippen LogP contribution in [0.25, 0.3) is 0 Å². The van der Waals surface area contributed by atoms with Gasteiger partial charge in [-0.25, -0.2) is 0 Å². The van der Waals surface area contributed by atoms with E-state index in [0.29, 0.717) is 17.1 Å². The fraction of sp³-hybridized carbons (Fsp3) is 0.385. The molecule has 102 valence electrons. The van der Waals surface area contributed by atoms with Crippen molar-refractivity contribution in [3.8, 4) is 0 Å². The van der Waals surface area contributed by atoms with E-state index in [-0.39, 0.29) is 18.4 Å². The third-order valence-electron chi connectivity index (χ3n) is 3.38. The first-order valence-corrected chi connectivity index (χ1v) is 7.33. The lowest BCUT2D eigenvalue weighted by molar-refractivity contribution is -0.142. The van der Waals surface area contributed by atoms with Crippen LogP contribution in [0, 0.1) is 15.4 Å². The average Bonchev–Trinajstić information content (AvgIpc) is 2.74. The molecule has 6 heteroatoms. The number of likely N-dealkylation sites (tertiary alicyclic amines) is 1. The zero-order chi connectivity index (χ0) is 14.2. The first-order chi connectivity index (χ1) is 8.90. The van der Waals surface area contributed by atoms with E-state index in [1.807, 2.05) is 6.92 Å². The van der Waals surface area contributed by atoms with Gasteiger partial charge in [0.05, 0.1) is 10.9 Å². The molecule has 0 aliphatic carbocycles. The minimum Gasteiger partial charge on any atom is -0.481 e. The molecule has 2 rings (SSSR count). The van der Waals surface area contributed by atoms with Crippen molar-refractivity contribution in [1.29, 1.82) is 0 Å². The molecule has 1 amide bonds. The van der Waals surface area contributed by atoms with Crippen LogP contribution in [0.1, 0.15) is 17.3 Å². The summed E-state index contributed by atoms with van der Waals surface area (Å²) in [5.74, 6) is -1.51. The Kier molecular flexibility index (Phi) is 4.35. The van der Waals surface area contributed by atoms with E-state index in [0.717, 1.165) is 3.57 Å². The maximum absolute atomic E-state index is 12.3. The number of carboxylic acids is 1. The Bertz CT molecular complexity index is 535. The van der Waals surface area contributed by atoms with Crippen molar-refractivity contribution in [3.05, 3.63) is 32.4 Å². The smallest absolute Gasteiger partial charge is 0.308 e. The van der Waals surface area contributed by atoms with Gasteiger partial charge < -0.3 is 10.0 Å². The van der Waals surface area contributed by atoms with Crippen LogP contribution in [0.2, 0.25) is 5.02 Å². The molecule has 0 radical (unpaired) electrons. The number of hydrogen-bond donors (Lipinski definition) is 1. The number of carboxylic acid groups (broad SMARTS) is 1. The molecule has 1 fully saturated rings. The number of carbonyl (C=O) groups is 2. The van der Waals surface area contributed by atoms with Gasteiger partial charge in [-0.3, -0.25) is 9.59 Å². The molecular formula is C13H13ClINO3. The Morgan fingerprint density at radius 3 is 2.63 bits per heavy atom. The van der Waals surface area contributed by atoms with Crippen molar-refractivity contribution >= 4 is 46.1 Å². The third kappa shape index (κ3) is 3.02. The lowest BCUT2D eigenvalue weighted by Crippen LogP contribution is -2.29. The van der Waals surface area contributed by atoms with Crippen molar-refractivity contribution in [2.75, 3.05) is 13.1 Å². The summed E-state index contributed by atoms with van der Waals surface area (Å²) >= 11 is 8.09. The lowest BCUT2D eigenvalue weighted by Gasteiger charge is -2.16. The van der Waals surface area contributed by atoms with Crippen molar-refractivity contribution in [1.82, 2.24) is 4.90 Å². The number of hydrogen-bond acceptors (Lipinski definition) is 2. The van der Waals surface area contributed by atoms with Gasteiger partial charge in [-0.2, -0.15) is 0 Å². The van der Waals surface area contributed by atoms with Crippen LogP contribution in [-0.2, 0) is 4.79 Å². The number of nitrogens with zero attached hydrogens (tertiary/aromatic N) is 1. The summed E-state index contributed by atoms with van der Waals surface area (Å²) in [6, 6.07) is 5.13. The van der Waals surface area contributed by atoms with Gasteiger partial charge in [0.25, 0.3) is 5.91 Å². The van der Waals surface area contributed by atoms with Crippen molar-refractivity contribution in [2.45, 2.75) is 6.92 Å². The molecule has 1 N–H and O–H groups in total. The number of benzene rings is 1. The van der Waals surface area contributed by atoms with Gasteiger partial charge in [0.2, 0.25) is 0 Å². The molecule has 4 nitrogen and oxygen atoms in total. The van der Waals surface area contributed by atoms with E-state index in [1.165, 1.54) is 0 Å². The molecule has 1 aromatic carbocycles. The van der Waals surface area contributed by atoms with Gasteiger partial charge in [0.15, 0.2) is 0 Å². The molecule has 1 aliphatic heterocycles. The van der Waals surface area contributed by atoms with Crippen LogP contribution in [0.3, 0.4) is 0 Å². The number of amides is 1. The van der Waals surface area contributed by atoms with Gasteiger partial charge in [0.1, 0.15) is 0 Å². The minimum atomic E-state index is -0.844. The molecule has 0 bridgehead atoms. The van der Waals surface area contributed by atoms with E-state index in [1.54, 1.807) is 23.1 Å². The normalized spacial score (nSPS) is 22.6. The largest absolute Gasteiger partial charge is 0.481 e. The first-order valence-electron chi connectivity index (χ1n) is 5.87. The quantitative estimate of drug-likeness (QED) is 0.786. The van der Waals surface area contributed by atoms with Crippen LogP contribution in [0.15, 0.2) is 18.2 Å². The highest BCUT2D eigenvalue weighted by molar-refractivity contribution is 14.1. The Balaban J connectivity index is 2.17. The number of carbonyl (C=O) groups excluding carboxylic acids is 1. The van der Waals surface area contributed by atoms with Crippen LogP contribution in [0.4, 0.5) is 0 Å². The van der Waals surface area contributed by atoms with E-state index in [2.05, 4.69) is 22.6 Å². The third-order valence-corrected chi connectivity index (χ3v) is 4.96. The molecule has 0 aromatic heterocycles. The summed E-state index contributed by atoms with van der Waals surface area (Å²) in [6.07, 6.45) is 0. The van der Waals surface area contributed by atoms with Crippen LogP contribution < -0.4 is 0 Å². The Morgan fingerprint density at radius 1 is 1.42 bits per heavy atom. The fourth-order valence-electron chi connectivity index (χ4n) is 2.27. The summed E-state index contributed by atoms with van der Waals surface area (Å²) in [6.45, 7) is 2.59. The molecule has 2 atom stereocenters. The standard InChI is InChI=1S/C13H13ClINO3/c1-7-5-16(6-9(7)13(18)19)12(17)8-2-3-11(15)10(14)4-8/h2-4,7,9H,5-6H2,1H3,(H,18,19)/t7-,9-/m1/s1. The molecule has 0 unspecified atom stereocenters. The highest BCUT2D eigenvalue weighted by Gasteiger charge is 2.37. The lowest BCUT2D eigenvalue weighted by atomic mass is 9.99. The second-order valence-corrected chi connectivity index (χ2v) is 6.33. The van der Waals surface area contributed by atoms with Crippen molar-refractivity contribution < 1.29 is 14.7 Å². The number of halogens is 2. The second-order valence-electron chi connectivity index (χ2n) is 4.76. The monoisotopic (exact) mass is 393 g/mol. The van der Waals surface area contributed by atoms with Gasteiger partial charge in [-0.1, -0.05) is 18.5 Å². The van der Waals surface area contributed by atoms with Crippen molar-refractivity contribution in [3.63, 3.8) is 0 Å². The summed E-state index contributed by atoms with van der Waals surface area (Å²) in [5, 5.41) is 9.61. The number of rotatable bonds is 2. The molecule has 1 aliphatic rings. The molecule has 0 spiro atoms. The highest BCUT2D eigenvalue weighted by Crippen LogP contribution is 2.26. The molecule has 1 aromatic rings. The number of aliphatic carboxylic acids is 1. The first kappa shape index (κ1) is 14.6. The van der Waals surface area contributed by atoms with Crippen LogP contribution in [-0.4, -0.2) is 35.0 Å². The average molecular weight is 394 g/mol. The van der Waals surface area contributed by atoms with Crippen LogP contribution in [0.5, 0.6) is 0 Å². The van der Waals surface area contributed by atoms with E-state index in [4.69, 9.17) is 16.7 Å². The zero-order valence-electron chi connectivity index (χ0n) is 10.3. The fourth-order valence-corrected chi connectivity index (χ4v) is 2.78. The minimum absolute atomic E-state index is 0.0271. The SMILES string of the molecule is C[C@@H]1CN(C(=O)c2ccc(I)c(Cl)c2)C[C@H]1C(=O)O. The molecular weight excluding hydrogens is 381 g/mol. The molecule has 1 heterocycles. The van der Waals surface area contributed by atoms with Crippen molar-refractivity contribution in [2.24, 2.45) is 11.8 Å². The van der Waals surface area contributed by atoms with Crippen LogP contribution >= 0.6 is 34.2 Å². The van der Waals surface area contributed by atoms with E-state index < -0.39 is 11.9 Å². The highest BCUT2D eigenvalue weighted by atomic mass is 127. The maximum Gasteiger partial charge on any atom is 0.308 e.